The highest BCUT2D eigenvalue weighted by molar-refractivity contribution is 14.1. The van der Waals surface area contributed by atoms with Crippen molar-refractivity contribution in [2.24, 2.45) is 0 Å². The average molecular weight is 406 g/mol. The van der Waals surface area contributed by atoms with Gasteiger partial charge in [-0.25, -0.2) is 4.68 Å². The van der Waals surface area contributed by atoms with Gasteiger partial charge in [0.15, 0.2) is 0 Å². The molecule has 0 aliphatic carbocycles. The lowest BCUT2D eigenvalue weighted by Crippen LogP contribution is -2.15. The van der Waals surface area contributed by atoms with Crippen LogP contribution in [0, 0.1) is 3.57 Å². The van der Waals surface area contributed by atoms with E-state index in [-0.39, 0.29) is 0 Å². The summed E-state index contributed by atoms with van der Waals surface area (Å²) >= 11 is 5.77. The Labute approximate surface area is 123 Å². The minimum atomic E-state index is 0.292. The Hall–Kier alpha value is -0.400. The summed E-state index contributed by atoms with van der Waals surface area (Å²) in [7, 11) is 1.96. The molecule has 0 radical (unpaired) electrons. The van der Waals surface area contributed by atoms with Crippen molar-refractivity contribution in [3.8, 4) is 5.69 Å². The van der Waals surface area contributed by atoms with E-state index in [1.807, 2.05) is 24.1 Å². The summed E-state index contributed by atoms with van der Waals surface area (Å²) in [6.45, 7) is 2.14. The summed E-state index contributed by atoms with van der Waals surface area (Å²) in [4.78, 5) is 0. The van der Waals surface area contributed by atoms with Crippen molar-refractivity contribution in [1.82, 2.24) is 15.1 Å². The van der Waals surface area contributed by atoms with Crippen LogP contribution in [0.4, 0.5) is 0 Å². The van der Waals surface area contributed by atoms with Crippen LogP contribution in [0.15, 0.2) is 35.1 Å². The zero-order valence-corrected chi connectivity index (χ0v) is 13.4. The van der Waals surface area contributed by atoms with E-state index >= 15 is 0 Å². The first-order valence-corrected chi connectivity index (χ1v) is 7.16. The molecule has 0 spiro atoms. The topological polar surface area (TPSA) is 29.9 Å². The molecule has 90 valence electrons. The molecule has 0 bridgehead atoms. The fourth-order valence-corrected chi connectivity index (χ4v) is 2.41. The Morgan fingerprint density at radius 2 is 2.24 bits per heavy atom. The highest BCUT2D eigenvalue weighted by atomic mass is 127. The van der Waals surface area contributed by atoms with Gasteiger partial charge in [0.2, 0.25) is 0 Å². The number of aromatic nitrogens is 2. The second kappa shape index (κ2) is 5.49. The van der Waals surface area contributed by atoms with Crippen LogP contribution in [-0.2, 0) is 0 Å². The van der Waals surface area contributed by atoms with Crippen molar-refractivity contribution >= 4 is 38.5 Å². The molecule has 0 aliphatic rings. The third kappa shape index (κ3) is 2.89. The van der Waals surface area contributed by atoms with Gasteiger partial charge in [0.1, 0.15) is 0 Å². The number of hydrogen-bond acceptors (Lipinski definition) is 2. The lowest BCUT2D eigenvalue weighted by molar-refractivity contribution is 0.644. The molecule has 5 heteroatoms. The molecule has 1 aromatic carbocycles. The average Bonchev–Trinajstić information content (AvgIpc) is 2.75. The third-order valence-electron chi connectivity index (χ3n) is 2.69. The second-order valence-corrected chi connectivity index (χ2v) is 5.98. The molecule has 17 heavy (non-hydrogen) atoms. The van der Waals surface area contributed by atoms with Gasteiger partial charge in [-0.05, 0) is 54.3 Å². The second-order valence-electron chi connectivity index (χ2n) is 3.82. The molecule has 0 fully saturated rings. The first kappa shape index (κ1) is 13.0. The molecule has 3 nitrogen and oxygen atoms in total. The normalized spacial score (nSPS) is 12.7. The molecular formula is C12H13BrIN3. The lowest BCUT2D eigenvalue weighted by atomic mass is 10.1. The minimum absolute atomic E-state index is 0.292. The Bertz CT molecular complexity index is 524. The van der Waals surface area contributed by atoms with Crippen LogP contribution in [0.3, 0.4) is 0 Å². The van der Waals surface area contributed by atoms with Crippen molar-refractivity contribution in [3.63, 3.8) is 0 Å². The number of rotatable bonds is 3. The standard InChI is InChI=1S/C12H13BrIN3/c1-8(15-2)11-4-3-9(13)5-12(11)17-7-10(14)6-16-17/h3-8,15H,1-2H3. The van der Waals surface area contributed by atoms with Gasteiger partial charge in [-0.2, -0.15) is 5.10 Å². The number of hydrogen-bond donors (Lipinski definition) is 1. The van der Waals surface area contributed by atoms with E-state index in [2.05, 4.69) is 74.1 Å². The summed E-state index contributed by atoms with van der Waals surface area (Å²) < 4.78 is 4.10. The monoisotopic (exact) mass is 405 g/mol. The van der Waals surface area contributed by atoms with Gasteiger partial charge in [0, 0.05) is 16.7 Å². The van der Waals surface area contributed by atoms with Crippen molar-refractivity contribution < 1.29 is 0 Å². The maximum Gasteiger partial charge on any atom is 0.0704 e. The summed E-state index contributed by atoms with van der Waals surface area (Å²) in [6.07, 6.45) is 3.88. The van der Waals surface area contributed by atoms with E-state index < -0.39 is 0 Å². The van der Waals surface area contributed by atoms with Crippen LogP contribution in [0.5, 0.6) is 0 Å². The molecule has 1 aromatic heterocycles. The summed E-state index contributed by atoms with van der Waals surface area (Å²) in [5.41, 5.74) is 2.33. The zero-order valence-electron chi connectivity index (χ0n) is 9.61. The molecule has 1 atom stereocenters. The predicted molar refractivity (Wildman–Crippen MR) is 81.5 cm³/mol. The summed E-state index contributed by atoms with van der Waals surface area (Å²) in [6, 6.07) is 6.56. The highest BCUT2D eigenvalue weighted by Gasteiger charge is 2.11. The van der Waals surface area contributed by atoms with E-state index in [9.17, 15) is 0 Å². The molecule has 2 aromatic rings. The first-order valence-electron chi connectivity index (χ1n) is 5.29. The molecule has 2 rings (SSSR count). The fraction of sp³-hybridized carbons (Fsp3) is 0.250. The molecule has 0 aliphatic heterocycles. The van der Waals surface area contributed by atoms with Crippen molar-refractivity contribution in [1.29, 1.82) is 0 Å². The Morgan fingerprint density at radius 1 is 1.47 bits per heavy atom. The van der Waals surface area contributed by atoms with E-state index in [4.69, 9.17) is 0 Å². The largest absolute Gasteiger partial charge is 0.313 e. The minimum Gasteiger partial charge on any atom is -0.313 e. The number of benzene rings is 1. The zero-order chi connectivity index (χ0) is 12.4. The van der Waals surface area contributed by atoms with E-state index in [0.29, 0.717) is 6.04 Å². The first-order chi connectivity index (χ1) is 8.11. The van der Waals surface area contributed by atoms with Gasteiger partial charge < -0.3 is 5.32 Å². The smallest absolute Gasteiger partial charge is 0.0704 e. The van der Waals surface area contributed by atoms with E-state index in [0.717, 1.165) is 13.7 Å². The van der Waals surface area contributed by atoms with Crippen molar-refractivity contribution in [3.05, 3.63) is 44.2 Å². The predicted octanol–water partition coefficient (Wildman–Crippen LogP) is 3.52. The van der Waals surface area contributed by atoms with Gasteiger partial charge in [0.25, 0.3) is 0 Å². The molecule has 0 saturated carbocycles. The van der Waals surface area contributed by atoms with Gasteiger partial charge in [-0.1, -0.05) is 22.0 Å². The summed E-state index contributed by atoms with van der Waals surface area (Å²) in [5, 5.41) is 7.62. The van der Waals surface area contributed by atoms with Gasteiger partial charge in [0.05, 0.1) is 15.5 Å². The van der Waals surface area contributed by atoms with Crippen LogP contribution < -0.4 is 5.32 Å². The Kier molecular flexibility index (Phi) is 4.22. The SMILES string of the molecule is CNC(C)c1ccc(Br)cc1-n1cc(I)cn1. The number of nitrogens with one attached hydrogen (secondary N) is 1. The lowest BCUT2D eigenvalue weighted by Gasteiger charge is -2.16. The quantitative estimate of drug-likeness (QED) is 0.791. The van der Waals surface area contributed by atoms with Crippen molar-refractivity contribution in [2.75, 3.05) is 7.05 Å². The molecule has 1 N–H and O–H groups in total. The van der Waals surface area contributed by atoms with Crippen LogP contribution in [0.2, 0.25) is 0 Å². The van der Waals surface area contributed by atoms with E-state index in [1.165, 1.54) is 5.56 Å². The molecule has 1 heterocycles. The number of nitrogens with zero attached hydrogens (tertiary/aromatic N) is 2. The Balaban J connectivity index is 2.54. The molecule has 0 amide bonds. The number of halogens is 2. The van der Waals surface area contributed by atoms with Crippen LogP contribution >= 0.6 is 38.5 Å². The molecular weight excluding hydrogens is 393 g/mol. The van der Waals surface area contributed by atoms with Crippen LogP contribution in [0.1, 0.15) is 18.5 Å². The molecule has 0 saturated heterocycles. The maximum atomic E-state index is 4.37. The highest BCUT2D eigenvalue weighted by Crippen LogP contribution is 2.25. The van der Waals surface area contributed by atoms with Crippen LogP contribution in [-0.4, -0.2) is 16.8 Å². The van der Waals surface area contributed by atoms with Crippen molar-refractivity contribution in [2.45, 2.75) is 13.0 Å². The van der Waals surface area contributed by atoms with Gasteiger partial charge in [-0.15, -0.1) is 0 Å². The third-order valence-corrected chi connectivity index (χ3v) is 3.74. The van der Waals surface area contributed by atoms with Gasteiger partial charge >= 0.3 is 0 Å². The maximum absolute atomic E-state index is 4.37. The summed E-state index contributed by atoms with van der Waals surface area (Å²) in [5.74, 6) is 0. The van der Waals surface area contributed by atoms with Gasteiger partial charge in [-0.3, -0.25) is 0 Å². The molecule has 1 unspecified atom stereocenters. The van der Waals surface area contributed by atoms with E-state index in [1.54, 1.807) is 0 Å². The fourth-order valence-electron chi connectivity index (χ4n) is 1.67. The van der Waals surface area contributed by atoms with Crippen LogP contribution in [0.25, 0.3) is 5.69 Å². The Morgan fingerprint density at radius 3 is 2.82 bits per heavy atom.